The zero-order valence-corrected chi connectivity index (χ0v) is 26.2. The first-order chi connectivity index (χ1) is 17.5. The Hall–Kier alpha value is -0.953. The maximum absolute atomic E-state index is 13.7. The molecular weight excluding hydrogens is 656 g/mol. The second-order valence-corrected chi connectivity index (χ2v) is 31.9. The van der Waals surface area contributed by atoms with Crippen molar-refractivity contribution in [1.82, 2.24) is 4.90 Å². The number of carbonyl (C=O) groups is 1. The molecule has 2 fully saturated rings. The fraction of sp³-hybridized carbons (Fsp3) is 0.240. The number of phenolic OH excluding ortho intramolecular Hbond substituents is 2. The number of carbonyl (C=O) groups excluding carboxylic acids is 1. The molecule has 4 aliphatic heterocycles. The van der Waals surface area contributed by atoms with Crippen LogP contribution in [0.3, 0.4) is 0 Å². The number of phenols is 2. The predicted octanol–water partition coefficient (Wildman–Crippen LogP) is 3.93. The van der Waals surface area contributed by atoms with Crippen molar-refractivity contribution in [3.63, 3.8) is 0 Å². The Morgan fingerprint density at radius 3 is 1.81 bits per heavy atom. The Labute approximate surface area is 231 Å². The van der Waals surface area contributed by atoms with Crippen molar-refractivity contribution >= 4 is 79.4 Å². The normalized spacial score (nSPS) is 20.5. The molecule has 0 bridgehead atoms. The Morgan fingerprint density at radius 2 is 1.28 bits per heavy atom. The molecule has 3 aromatic carbocycles. The van der Waals surface area contributed by atoms with Gasteiger partial charge in [-0.05, 0) is 0 Å². The Kier molecular flexibility index (Phi) is 6.07. The first-order valence-corrected chi connectivity index (χ1v) is 26.3. The quantitative estimate of drug-likeness (QED) is 0.396. The Morgan fingerprint density at radius 1 is 0.778 bits per heavy atom. The van der Waals surface area contributed by atoms with Crippen molar-refractivity contribution in [3.8, 4) is 23.0 Å². The summed E-state index contributed by atoms with van der Waals surface area (Å²) >= 11 is -3.37. The van der Waals surface area contributed by atoms with Gasteiger partial charge in [-0.15, -0.1) is 0 Å². The van der Waals surface area contributed by atoms with Gasteiger partial charge in [0.1, 0.15) is 0 Å². The third kappa shape index (κ3) is 3.26. The van der Waals surface area contributed by atoms with Gasteiger partial charge in [0, 0.05) is 0 Å². The van der Waals surface area contributed by atoms with Crippen LogP contribution < -0.4 is 13.4 Å². The topological polar surface area (TPSA) is 70.0 Å². The van der Waals surface area contributed by atoms with Gasteiger partial charge in [0.15, 0.2) is 0 Å². The molecular formula is C25H21As2NO4S4. The summed E-state index contributed by atoms with van der Waals surface area (Å²) in [5, 5.41) is 22.3. The second kappa shape index (κ2) is 9.06. The van der Waals surface area contributed by atoms with Crippen LogP contribution in [0, 0.1) is 0 Å². The van der Waals surface area contributed by atoms with Crippen LogP contribution in [0.25, 0.3) is 0 Å². The van der Waals surface area contributed by atoms with Crippen LogP contribution in [-0.4, -0.2) is 75.8 Å². The van der Waals surface area contributed by atoms with E-state index >= 15 is 0 Å². The van der Waals surface area contributed by atoms with E-state index in [0.29, 0.717) is 17.1 Å². The molecule has 2 saturated heterocycles. The molecule has 4 aliphatic rings. The first-order valence-electron chi connectivity index (χ1n) is 11.4. The van der Waals surface area contributed by atoms with Gasteiger partial charge in [0.05, 0.1) is 0 Å². The molecule has 0 unspecified atom stereocenters. The number of ether oxygens (including phenoxy) is 1. The summed E-state index contributed by atoms with van der Waals surface area (Å²) in [5.41, 5.74) is 2.54. The van der Waals surface area contributed by atoms with E-state index in [9.17, 15) is 15.0 Å². The van der Waals surface area contributed by atoms with Crippen LogP contribution in [0.5, 0.6) is 23.0 Å². The number of nitrogens with zero attached hydrogens (tertiary/aromatic N) is 1. The van der Waals surface area contributed by atoms with Gasteiger partial charge in [-0.2, -0.15) is 0 Å². The number of amides is 1. The average molecular weight is 678 g/mol. The van der Waals surface area contributed by atoms with Crippen molar-refractivity contribution in [1.29, 1.82) is 0 Å². The fourth-order valence-corrected chi connectivity index (χ4v) is 35.1. The summed E-state index contributed by atoms with van der Waals surface area (Å²) in [7, 11) is 9.69. The molecule has 0 aliphatic carbocycles. The number of fused-ring (bicyclic) bond motifs is 6. The number of hydrogen-bond acceptors (Lipinski definition) is 8. The van der Waals surface area contributed by atoms with E-state index in [1.165, 1.54) is 0 Å². The molecule has 7 rings (SSSR count). The third-order valence-corrected chi connectivity index (χ3v) is 34.1. The molecule has 1 amide bonds. The number of rotatable bonds is 2. The third-order valence-electron chi connectivity index (χ3n) is 6.93. The zero-order chi connectivity index (χ0) is 24.6. The summed E-state index contributed by atoms with van der Waals surface area (Å²) < 4.78 is 8.72. The molecule has 11 heteroatoms. The van der Waals surface area contributed by atoms with Crippen molar-refractivity contribution in [2.75, 3.05) is 30.1 Å². The maximum atomic E-state index is 13.7. The van der Waals surface area contributed by atoms with Crippen LogP contribution in [0.1, 0.15) is 27.0 Å². The van der Waals surface area contributed by atoms with E-state index in [4.69, 9.17) is 4.74 Å². The van der Waals surface area contributed by atoms with Crippen molar-refractivity contribution in [3.05, 3.63) is 70.8 Å². The number of aromatic hydroxyl groups is 2. The van der Waals surface area contributed by atoms with Crippen LogP contribution in [-0.2, 0) is 5.54 Å². The van der Waals surface area contributed by atoms with E-state index in [2.05, 4.69) is 0 Å². The minimum atomic E-state index is -1.68. The van der Waals surface area contributed by atoms with Gasteiger partial charge in [-0.25, -0.2) is 0 Å². The molecule has 4 heterocycles. The molecule has 36 heavy (non-hydrogen) atoms. The predicted molar refractivity (Wildman–Crippen MR) is 155 cm³/mol. The molecule has 2 N–H and O–H groups in total. The summed E-state index contributed by atoms with van der Waals surface area (Å²) in [6.07, 6.45) is 0. The summed E-state index contributed by atoms with van der Waals surface area (Å²) in [6.45, 7) is 0. The fourth-order valence-electron chi connectivity index (χ4n) is 5.46. The van der Waals surface area contributed by atoms with Crippen LogP contribution in [0.15, 0.2) is 48.5 Å². The van der Waals surface area contributed by atoms with Crippen molar-refractivity contribution < 1.29 is 19.7 Å². The van der Waals surface area contributed by atoms with Crippen molar-refractivity contribution in [2.24, 2.45) is 0 Å². The van der Waals surface area contributed by atoms with Crippen LogP contribution in [0.4, 0.5) is 0 Å². The van der Waals surface area contributed by atoms with Gasteiger partial charge >= 0.3 is 233 Å². The second-order valence-electron chi connectivity index (χ2n) is 8.69. The Balaban J connectivity index is 1.60. The standard InChI is InChI=1S/C25H21As2NO4S4/c1-28-24(31)14-4-2-3-5-15(14)25(28)16-6-8-18(29)20(26-33-10-11-34-26)22(16)32-23-17(25)7-9-19(30)21(23)27-35-12-13-36-27/h2-9,29-30H,10-13H2,1H3. The molecule has 0 saturated carbocycles. The van der Waals surface area contributed by atoms with Gasteiger partial charge in [0.25, 0.3) is 0 Å². The van der Waals surface area contributed by atoms with E-state index in [1.807, 2.05) is 88.4 Å². The summed E-state index contributed by atoms with van der Waals surface area (Å²) in [4.78, 5) is 15.5. The van der Waals surface area contributed by atoms with Gasteiger partial charge in [0.2, 0.25) is 0 Å². The van der Waals surface area contributed by atoms with Gasteiger partial charge in [-0.1, -0.05) is 0 Å². The summed E-state index contributed by atoms with van der Waals surface area (Å²) in [5.74, 6) is 6.20. The molecule has 1 spiro atoms. The number of benzene rings is 3. The van der Waals surface area contributed by atoms with Crippen molar-refractivity contribution in [2.45, 2.75) is 5.54 Å². The zero-order valence-electron chi connectivity index (χ0n) is 19.1. The van der Waals surface area contributed by atoms with E-state index in [-0.39, 0.29) is 17.4 Å². The molecule has 5 nitrogen and oxygen atoms in total. The van der Waals surface area contributed by atoms with Gasteiger partial charge in [-0.3, -0.25) is 0 Å². The number of hydrogen-bond donors (Lipinski definition) is 2. The molecule has 0 atom stereocenters. The molecule has 0 radical (unpaired) electrons. The van der Waals surface area contributed by atoms with Crippen LogP contribution >= 0.6 is 40.1 Å². The summed E-state index contributed by atoms with van der Waals surface area (Å²) in [6, 6.07) is 15.3. The van der Waals surface area contributed by atoms with Crippen LogP contribution in [0.2, 0.25) is 0 Å². The minimum absolute atomic E-state index is 0.0291. The van der Waals surface area contributed by atoms with E-state index in [0.717, 1.165) is 48.4 Å². The Bertz CT molecular complexity index is 1350. The SMILES string of the molecule is CN1C(=O)c2ccccc2C12c1ccc(O)c([As]3SCCS3)c1Oc1c2ccc(O)c1[As]1SCCS1. The average Bonchev–Trinajstić information content (AvgIpc) is 3.64. The van der Waals surface area contributed by atoms with E-state index < -0.39 is 30.2 Å². The molecule has 3 aromatic rings. The van der Waals surface area contributed by atoms with E-state index in [1.54, 1.807) is 12.1 Å². The molecule has 184 valence electrons. The first kappa shape index (κ1) is 24.1. The monoisotopic (exact) mass is 677 g/mol. The van der Waals surface area contributed by atoms with Gasteiger partial charge < -0.3 is 0 Å². The molecule has 0 aromatic heterocycles.